The highest BCUT2D eigenvalue weighted by molar-refractivity contribution is 5.79. The van der Waals surface area contributed by atoms with Crippen LogP contribution in [0.5, 0.6) is 0 Å². The monoisotopic (exact) mass is 261 g/mol. The van der Waals surface area contributed by atoms with Gasteiger partial charge < -0.3 is 10.2 Å². The van der Waals surface area contributed by atoms with Crippen molar-refractivity contribution in [1.29, 1.82) is 0 Å². The Hall–Kier alpha value is -1.42. The van der Waals surface area contributed by atoms with E-state index < -0.39 is 0 Å². The molecule has 1 aliphatic carbocycles. The molecule has 0 saturated heterocycles. The van der Waals surface area contributed by atoms with E-state index in [1.54, 1.807) is 12.4 Å². The first-order chi connectivity index (χ1) is 9.17. The number of pyridine rings is 1. The molecule has 1 N–H and O–H groups in total. The minimum Gasteiger partial charge on any atom is -0.349 e. The van der Waals surface area contributed by atoms with Crippen molar-refractivity contribution in [2.24, 2.45) is 0 Å². The van der Waals surface area contributed by atoms with E-state index in [-0.39, 0.29) is 11.4 Å². The summed E-state index contributed by atoms with van der Waals surface area (Å²) in [6.07, 6.45) is 6.11. The maximum atomic E-state index is 12.1. The molecule has 0 spiro atoms. The lowest BCUT2D eigenvalue weighted by Crippen LogP contribution is -2.46. The van der Waals surface area contributed by atoms with Crippen molar-refractivity contribution in [3.63, 3.8) is 0 Å². The molecule has 0 bridgehead atoms. The Morgan fingerprint density at radius 1 is 1.32 bits per heavy atom. The quantitative estimate of drug-likeness (QED) is 0.811. The van der Waals surface area contributed by atoms with Gasteiger partial charge in [-0.05, 0) is 43.6 Å². The van der Waals surface area contributed by atoms with Gasteiger partial charge in [0.1, 0.15) is 0 Å². The number of amides is 1. The summed E-state index contributed by atoms with van der Waals surface area (Å²) < 4.78 is 0. The van der Waals surface area contributed by atoms with E-state index in [0.29, 0.717) is 6.42 Å². The number of likely N-dealkylation sites (N-methyl/N-ethyl adjacent to an activating group) is 1. The van der Waals surface area contributed by atoms with E-state index >= 15 is 0 Å². The molecule has 19 heavy (non-hydrogen) atoms. The van der Waals surface area contributed by atoms with Gasteiger partial charge in [0.05, 0.1) is 12.0 Å². The number of nitrogens with one attached hydrogen (secondary N) is 1. The van der Waals surface area contributed by atoms with Gasteiger partial charge in [-0.25, -0.2) is 0 Å². The van der Waals surface area contributed by atoms with Gasteiger partial charge in [-0.2, -0.15) is 0 Å². The fraction of sp³-hybridized carbons (Fsp3) is 0.600. The van der Waals surface area contributed by atoms with E-state index in [9.17, 15) is 4.79 Å². The van der Waals surface area contributed by atoms with E-state index in [2.05, 4.69) is 29.0 Å². The lowest BCUT2D eigenvalue weighted by molar-refractivity contribution is -0.121. The smallest absolute Gasteiger partial charge is 0.224 e. The second-order valence-corrected chi connectivity index (χ2v) is 5.32. The SMILES string of the molecule is CCN(CC)CC1(NC(=O)Cc2ccncc2)CC1. The van der Waals surface area contributed by atoms with Crippen molar-refractivity contribution in [3.05, 3.63) is 30.1 Å². The van der Waals surface area contributed by atoms with E-state index in [1.165, 1.54) is 0 Å². The molecular weight excluding hydrogens is 238 g/mol. The van der Waals surface area contributed by atoms with Crippen LogP contribution in [0.3, 0.4) is 0 Å². The van der Waals surface area contributed by atoms with Crippen LogP contribution in [0.15, 0.2) is 24.5 Å². The van der Waals surface area contributed by atoms with Gasteiger partial charge in [-0.1, -0.05) is 13.8 Å². The molecule has 1 heterocycles. The fourth-order valence-electron chi connectivity index (χ4n) is 2.37. The van der Waals surface area contributed by atoms with Crippen molar-refractivity contribution in [2.75, 3.05) is 19.6 Å². The minimum absolute atomic E-state index is 0.0378. The molecule has 4 nitrogen and oxygen atoms in total. The summed E-state index contributed by atoms with van der Waals surface area (Å²) in [5.41, 5.74) is 1.06. The Morgan fingerprint density at radius 3 is 2.47 bits per heavy atom. The number of hydrogen-bond acceptors (Lipinski definition) is 3. The molecule has 0 unspecified atom stereocenters. The fourth-order valence-corrected chi connectivity index (χ4v) is 2.37. The van der Waals surface area contributed by atoms with Crippen LogP contribution < -0.4 is 5.32 Å². The van der Waals surface area contributed by atoms with E-state index in [0.717, 1.165) is 38.0 Å². The van der Waals surface area contributed by atoms with Gasteiger partial charge in [-0.3, -0.25) is 9.78 Å². The van der Waals surface area contributed by atoms with Gasteiger partial charge >= 0.3 is 0 Å². The maximum absolute atomic E-state index is 12.1. The summed E-state index contributed by atoms with van der Waals surface area (Å²) in [4.78, 5) is 18.4. The number of hydrogen-bond donors (Lipinski definition) is 1. The lowest BCUT2D eigenvalue weighted by Gasteiger charge is -2.26. The first kappa shape index (κ1) is 14.0. The Labute approximate surface area is 115 Å². The number of rotatable bonds is 7. The van der Waals surface area contributed by atoms with Crippen LogP contribution >= 0.6 is 0 Å². The summed E-state index contributed by atoms with van der Waals surface area (Å²) in [5, 5.41) is 3.21. The van der Waals surface area contributed by atoms with Gasteiger partial charge in [0, 0.05) is 18.9 Å². The summed E-state index contributed by atoms with van der Waals surface area (Å²) in [6, 6.07) is 3.78. The number of carbonyl (C=O) groups excluding carboxylic acids is 1. The normalized spacial score (nSPS) is 16.4. The predicted octanol–water partition coefficient (Wildman–Crippen LogP) is 1.61. The molecule has 1 amide bonds. The molecular formula is C15H23N3O. The predicted molar refractivity (Wildman–Crippen MR) is 75.8 cm³/mol. The van der Waals surface area contributed by atoms with E-state index in [4.69, 9.17) is 0 Å². The van der Waals surface area contributed by atoms with Crippen LogP contribution in [0.1, 0.15) is 32.3 Å². The molecule has 2 rings (SSSR count). The standard InChI is InChI=1S/C15H23N3O/c1-3-18(4-2)12-15(7-8-15)17-14(19)11-13-5-9-16-10-6-13/h5-6,9-10H,3-4,7-8,11-12H2,1-2H3,(H,17,19). The second kappa shape index (κ2) is 6.15. The van der Waals surface area contributed by atoms with Crippen LogP contribution in [0.4, 0.5) is 0 Å². The third kappa shape index (κ3) is 4.03. The average molecular weight is 261 g/mol. The van der Waals surface area contributed by atoms with Gasteiger partial charge in [0.25, 0.3) is 0 Å². The van der Waals surface area contributed by atoms with Crippen molar-refractivity contribution >= 4 is 5.91 Å². The highest BCUT2D eigenvalue weighted by atomic mass is 16.1. The van der Waals surface area contributed by atoms with Crippen LogP contribution in [0.25, 0.3) is 0 Å². The first-order valence-electron chi connectivity index (χ1n) is 7.10. The van der Waals surface area contributed by atoms with Crippen LogP contribution in [0.2, 0.25) is 0 Å². The third-order valence-electron chi connectivity index (χ3n) is 3.79. The van der Waals surface area contributed by atoms with Crippen molar-refractivity contribution in [2.45, 2.75) is 38.6 Å². The summed E-state index contributed by atoms with van der Waals surface area (Å²) in [7, 11) is 0. The minimum atomic E-state index is 0.0378. The maximum Gasteiger partial charge on any atom is 0.224 e. The first-order valence-corrected chi connectivity index (χ1v) is 7.10. The summed E-state index contributed by atoms with van der Waals surface area (Å²) in [5.74, 6) is 0.121. The Kier molecular flexibility index (Phi) is 4.53. The van der Waals surface area contributed by atoms with Crippen LogP contribution in [-0.4, -0.2) is 41.0 Å². The molecule has 1 aliphatic rings. The van der Waals surface area contributed by atoms with E-state index in [1.807, 2.05) is 12.1 Å². The zero-order chi connectivity index (χ0) is 13.7. The van der Waals surface area contributed by atoms with Crippen molar-refractivity contribution < 1.29 is 4.79 Å². The molecule has 0 radical (unpaired) electrons. The molecule has 0 aliphatic heterocycles. The van der Waals surface area contributed by atoms with Gasteiger partial charge in [0.15, 0.2) is 0 Å². The van der Waals surface area contributed by atoms with Crippen molar-refractivity contribution in [1.82, 2.24) is 15.2 Å². The molecule has 0 aromatic carbocycles. The molecule has 1 aromatic heterocycles. The molecule has 1 saturated carbocycles. The molecule has 1 fully saturated rings. The molecule has 1 aromatic rings. The highest BCUT2D eigenvalue weighted by Crippen LogP contribution is 2.36. The Morgan fingerprint density at radius 2 is 1.95 bits per heavy atom. The summed E-state index contributed by atoms with van der Waals surface area (Å²) >= 11 is 0. The van der Waals surface area contributed by atoms with Crippen molar-refractivity contribution in [3.8, 4) is 0 Å². The topological polar surface area (TPSA) is 45.2 Å². The number of aromatic nitrogens is 1. The molecule has 4 heteroatoms. The number of carbonyl (C=O) groups is 1. The Bertz CT molecular complexity index is 411. The highest BCUT2D eigenvalue weighted by Gasteiger charge is 2.44. The largest absolute Gasteiger partial charge is 0.349 e. The lowest BCUT2D eigenvalue weighted by atomic mass is 10.1. The zero-order valence-electron chi connectivity index (χ0n) is 11.9. The average Bonchev–Trinajstić information content (AvgIpc) is 3.16. The molecule has 104 valence electrons. The van der Waals surface area contributed by atoms with Crippen LogP contribution in [0, 0.1) is 0 Å². The summed E-state index contributed by atoms with van der Waals surface area (Å²) in [6.45, 7) is 7.38. The van der Waals surface area contributed by atoms with Crippen LogP contribution in [-0.2, 0) is 11.2 Å². The van der Waals surface area contributed by atoms with Gasteiger partial charge in [-0.15, -0.1) is 0 Å². The second-order valence-electron chi connectivity index (χ2n) is 5.32. The third-order valence-corrected chi connectivity index (χ3v) is 3.79. The zero-order valence-corrected chi connectivity index (χ0v) is 11.9. The van der Waals surface area contributed by atoms with Gasteiger partial charge in [0.2, 0.25) is 5.91 Å². The Balaban J connectivity index is 1.85. The number of nitrogens with zero attached hydrogens (tertiary/aromatic N) is 2. The molecule has 0 atom stereocenters.